The van der Waals surface area contributed by atoms with Crippen LogP contribution in [0, 0.1) is 0 Å². The van der Waals surface area contributed by atoms with E-state index in [9.17, 15) is 4.79 Å². The normalized spacial score (nSPS) is 11.5. The molecule has 0 aliphatic heterocycles. The first-order valence-electron chi connectivity index (χ1n) is 5.00. The number of aromatic nitrogens is 1. The molecular weight excluding hydrogens is 210 g/mol. The van der Waals surface area contributed by atoms with E-state index < -0.39 is 5.24 Å². The number of carbonyl (C=O) groups is 1. The van der Waals surface area contributed by atoms with Gasteiger partial charge in [0.2, 0.25) is 0 Å². The molecule has 15 heavy (non-hydrogen) atoms. The highest BCUT2D eigenvalue weighted by Crippen LogP contribution is 2.21. The molecule has 0 N–H and O–H groups in total. The van der Waals surface area contributed by atoms with Gasteiger partial charge >= 0.3 is 0 Å². The first-order valence-corrected chi connectivity index (χ1v) is 5.37. The molecule has 2 nitrogen and oxygen atoms in total. The number of hydrogen-bond donors (Lipinski definition) is 0. The van der Waals surface area contributed by atoms with Gasteiger partial charge in [0.05, 0.1) is 0 Å². The predicted octanol–water partition coefficient (Wildman–Crippen LogP) is 3.20. The van der Waals surface area contributed by atoms with Gasteiger partial charge in [0.1, 0.15) is 0 Å². The van der Waals surface area contributed by atoms with Crippen LogP contribution in [0.4, 0.5) is 0 Å². The molecule has 0 saturated carbocycles. The molecule has 1 rings (SSSR count). The minimum absolute atomic E-state index is 0.416. The van der Waals surface area contributed by atoms with Crippen molar-refractivity contribution < 1.29 is 4.79 Å². The zero-order valence-electron chi connectivity index (χ0n) is 8.96. The number of halogens is 1. The molecule has 0 saturated heterocycles. The molecule has 0 radical (unpaired) electrons. The summed E-state index contributed by atoms with van der Waals surface area (Å²) in [6.07, 6.45) is 7.14. The maximum Gasteiger partial charge on any atom is 0.252 e. The van der Waals surface area contributed by atoms with Gasteiger partial charge in [-0.1, -0.05) is 19.4 Å². The van der Waals surface area contributed by atoms with E-state index in [4.69, 9.17) is 11.6 Å². The summed E-state index contributed by atoms with van der Waals surface area (Å²) in [4.78, 5) is 15.3. The Morgan fingerprint density at radius 1 is 1.60 bits per heavy atom. The number of carbonyl (C=O) groups excluding carboxylic acids is 1. The molecule has 0 atom stereocenters. The lowest BCUT2D eigenvalue weighted by Crippen LogP contribution is -1.99. The summed E-state index contributed by atoms with van der Waals surface area (Å²) >= 11 is 5.52. The Hall–Kier alpha value is -1.15. The quantitative estimate of drug-likeness (QED) is 0.580. The molecule has 1 heterocycles. The van der Waals surface area contributed by atoms with Crippen molar-refractivity contribution in [2.75, 3.05) is 0 Å². The second-order valence-electron chi connectivity index (χ2n) is 3.26. The van der Waals surface area contributed by atoms with Crippen LogP contribution < -0.4 is 0 Å². The topological polar surface area (TPSA) is 30.0 Å². The lowest BCUT2D eigenvalue weighted by atomic mass is 9.99. The molecule has 1 aromatic rings. The Bertz CT molecular complexity index is 385. The zero-order valence-corrected chi connectivity index (χ0v) is 9.71. The Morgan fingerprint density at radius 2 is 2.33 bits per heavy atom. The fourth-order valence-corrected chi connectivity index (χ4v) is 1.74. The maximum absolute atomic E-state index is 11.2. The molecule has 3 heteroatoms. The predicted molar refractivity (Wildman–Crippen MR) is 62.7 cm³/mol. The van der Waals surface area contributed by atoms with Crippen LogP contribution in [0.5, 0.6) is 0 Å². The molecule has 0 aliphatic rings. The molecule has 1 aromatic heterocycles. The van der Waals surface area contributed by atoms with Gasteiger partial charge in [-0.15, -0.1) is 0 Å². The molecule has 0 unspecified atom stereocenters. The van der Waals surface area contributed by atoms with Gasteiger partial charge in [-0.05, 0) is 42.1 Å². The van der Waals surface area contributed by atoms with E-state index in [2.05, 4.69) is 11.9 Å². The molecule has 0 spiro atoms. The third-order valence-corrected chi connectivity index (χ3v) is 2.42. The van der Waals surface area contributed by atoms with Crippen molar-refractivity contribution in [1.29, 1.82) is 0 Å². The fraction of sp³-hybridized carbons (Fsp3) is 0.333. The average molecular weight is 224 g/mol. The molecule has 80 valence electrons. The van der Waals surface area contributed by atoms with E-state index in [0.717, 1.165) is 24.0 Å². The highest BCUT2D eigenvalue weighted by molar-refractivity contribution is 6.74. The minimum Gasteiger partial charge on any atom is -0.276 e. The number of pyridine rings is 1. The molecule has 0 bridgehead atoms. The third kappa shape index (κ3) is 2.90. The molecule has 0 fully saturated rings. The number of hydrogen-bond acceptors (Lipinski definition) is 2. The van der Waals surface area contributed by atoms with Gasteiger partial charge in [0.15, 0.2) is 0 Å². The van der Waals surface area contributed by atoms with Crippen molar-refractivity contribution in [2.24, 2.45) is 0 Å². The van der Waals surface area contributed by atoms with Gasteiger partial charge in [0.25, 0.3) is 5.24 Å². The van der Waals surface area contributed by atoms with Gasteiger partial charge in [-0.3, -0.25) is 9.78 Å². The minimum atomic E-state index is -0.416. The average Bonchev–Trinajstić information content (AvgIpc) is 2.21. The Labute approximate surface area is 95.0 Å². The summed E-state index contributed by atoms with van der Waals surface area (Å²) in [6, 6.07) is 1.83. The van der Waals surface area contributed by atoms with Crippen molar-refractivity contribution in [3.8, 4) is 0 Å². The molecule has 0 amide bonds. The maximum atomic E-state index is 11.2. The van der Waals surface area contributed by atoms with E-state index >= 15 is 0 Å². The van der Waals surface area contributed by atoms with Crippen LogP contribution in [0.2, 0.25) is 0 Å². The van der Waals surface area contributed by atoms with Crippen LogP contribution in [0.3, 0.4) is 0 Å². The van der Waals surface area contributed by atoms with Crippen LogP contribution in [0.25, 0.3) is 5.57 Å². The van der Waals surface area contributed by atoms with E-state index in [1.165, 1.54) is 0 Å². The smallest absolute Gasteiger partial charge is 0.252 e. The lowest BCUT2D eigenvalue weighted by molar-refractivity contribution is -0.106. The number of allylic oxidation sites excluding steroid dienone is 2. The summed E-state index contributed by atoms with van der Waals surface area (Å²) in [5, 5.41) is -0.416. The summed E-state index contributed by atoms with van der Waals surface area (Å²) in [7, 11) is 0. The highest BCUT2D eigenvalue weighted by atomic mass is 35.5. The summed E-state index contributed by atoms with van der Waals surface area (Å²) in [5.41, 5.74) is 2.53. The lowest BCUT2D eigenvalue weighted by Gasteiger charge is -2.08. The van der Waals surface area contributed by atoms with Crippen LogP contribution in [0.1, 0.15) is 31.4 Å². The van der Waals surface area contributed by atoms with Crippen LogP contribution in [-0.2, 0) is 11.2 Å². The van der Waals surface area contributed by atoms with Crippen molar-refractivity contribution >= 4 is 22.4 Å². The largest absolute Gasteiger partial charge is 0.276 e. The first kappa shape index (κ1) is 11.9. The van der Waals surface area contributed by atoms with E-state index in [-0.39, 0.29) is 0 Å². The van der Waals surface area contributed by atoms with Crippen molar-refractivity contribution in [2.45, 2.75) is 26.7 Å². The highest BCUT2D eigenvalue weighted by Gasteiger charge is 2.11. The molecule has 0 aromatic carbocycles. The van der Waals surface area contributed by atoms with Crippen LogP contribution in [0.15, 0.2) is 24.5 Å². The number of nitrogens with zero attached hydrogens (tertiary/aromatic N) is 1. The fourth-order valence-electron chi connectivity index (χ4n) is 1.53. The monoisotopic (exact) mass is 223 g/mol. The number of rotatable bonds is 4. The standard InChI is InChI=1S/C12H14ClNO/c1-3-5-9-8-14-7-6-11(9)10(4-2)12(13)15/h4,6-8H,3,5H2,1-2H3/b10-4+. The molecular formula is C12H14ClNO. The van der Waals surface area contributed by atoms with E-state index in [1.807, 2.05) is 13.0 Å². The Kier molecular flexibility index (Phi) is 4.50. The van der Waals surface area contributed by atoms with Crippen molar-refractivity contribution in [3.63, 3.8) is 0 Å². The molecule has 0 aliphatic carbocycles. The third-order valence-electron chi connectivity index (χ3n) is 2.21. The summed E-state index contributed by atoms with van der Waals surface area (Å²) in [6.45, 7) is 3.90. The van der Waals surface area contributed by atoms with Gasteiger partial charge in [-0.2, -0.15) is 0 Å². The van der Waals surface area contributed by atoms with Gasteiger partial charge < -0.3 is 0 Å². The van der Waals surface area contributed by atoms with Gasteiger partial charge in [-0.25, -0.2) is 0 Å². The summed E-state index contributed by atoms with van der Waals surface area (Å²) < 4.78 is 0. The van der Waals surface area contributed by atoms with Crippen LogP contribution >= 0.6 is 11.6 Å². The van der Waals surface area contributed by atoms with Crippen molar-refractivity contribution in [1.82, 2.24) is 4.98 Å². The zero-order chi connectivity index (χ0) is 11.3. The summed E-state index contributed by atoms with van der Waals surface area (Å²) in [5.74, 6) is 0. The van der Waals surface area contributed by atoms with E-state index in [0.29, 0.717) is 5.57 Å². The first-order chi connectivity index (χ1) is 7.20. The Morgan fingerprint density at radius 3 is 2.87 bits per heavy atom. The second kappa shape index (κ2) is 5.66. The van der Waals surface area contributed by atoms with Crippen molar-refractivity contribution in [3.05, 3.63) is 35.7 Å². The SMILES string of the molecule is C/C=C(/C(=O)Cl)c1ccncc1CCC. The second-order valence-corrected chi connectivity index (χ2v) is 3.60. The van der Waals surface area contributed by atoms with E-state index in [1.54, 1.807) is 18.5 Å². The van der Waals surface area contributed by atoms with Crippen LogP contribution in [-0.4, -0.2) is 10.2 Å². The number of aryl methyl sites for hydroxylation is 1. The van der Waals surface area contributed by atoms with Gasteiger partial charge in [0, 0.05) is 18.0 Å². The Balaban J connectivity index is 3.17.